The Balaban J connectivity index is 1.94. The van der Waals surface area contributed by atoms with Crippen molar-refractivity contribution in [2.24, 2.45) is 5.10 Å². The molecule has 0 saturated carbocycles. The first-order chi connectivity index (χ1) is 11.2. The van der Waals surface area contributed by atoms with Crippen LogP contribution in [0, 0.1) is 0 Å². The largest absolute Gasteiger partial charge is 0.539 e. The van der Waals surface area contributed by atoms with E-state index in [4.69, 9.17) is 4.52 Å². The number of benzene rings is 1. The molecule has 0 unspecified atom stereocenters. The van der Waals surface area contributed by atoms with Gasteiger partial charge in [-0.3, -0.25) is 5.43 Å². The summed E-state index contributed by atoms with van der Waals surface area (Å²) < 4.78 is 6.25. The molecule has 0 spiro atoms. The summed E-state index contributed by atoms with van der Waals surface area (Å²) in [5.41, 5.74) is 5.38. The Bertz CT molecular complexity index is 826. The third kappa shape index (κ3) is 3.21. The second-order valence-corrected chi connectivity index (χ2v) is 5.66. The lowest BCUT2D eigenvalue weighted by molar-refractivity contribution is -0.660. The monoisotopic (exact) mass is 329 g/mol. The normalized spacial score (nSPS) is 11.7. The van der Waals surface area contributed by atoms with Crippen molar-refractivity contribution in [1.82, 2.24) is 10.3 Å². The van der Waals surface area contributed by atoms with Gasteiger partial charge in [-0.2, -0.15) is 5.10 Å². The number of hydrazone groups is 1. The van der Waals surface area contributed by atoms with Crippen molar-refractivity contribution >= 4 is 22.2 Å². The highest BCUT2D eigenvalue weighted by molar-refractivity contribution is 7.14. The molecule has 2 heterocycles. The van der Waals surface area contributed by atoms with Gasteiger partial charge in [0.15, 0.2) is 11.6 Å². The third-order valence-electron chi connectivity index (χ3n) is 3.21. The number of nitrogens with zero attached hydrogens (tertiary/aromatic N) is 4. The first-order valence-electron chi connectivity index (χ1n) is 7.08. The Labute approximate surface area is 136 Å². The van der Waals surface area contributed by atoms with Crippen LogP contribution >= 0.6 is 11.3 Å². The van der Waals surface area contributed by atoms with E-state index in [0.29, 0.717) is 10.8 Å². The molecule has 1 N–H and O–H groups in total. The van der Waals surface area contributed by atoms with Crippen LogP contribution in [0.25, 0.3) is 17.1 Å². The van der Waals surface area contributed by atoms with Gasteiger partial charge in [0.2, 0.25) is 10.8 Å². The molecule has 3 aromatic rings. The number of thiazole rings is 1. The maximum absolute atomic E-state index is 12.0. The van der Waals surface area contributed by atoms with Crippen LogP contribution in [0.4, 0.5) is 5.13 Å². The summed E-state index contributed by atoms with van der Waals surface area (Å²) >= 11 is 1.36. The van der Waals surface area contributed by atoms with Gasteiger partial charge < -0.3 is 9.63 Å². The molecular weight excluding hydrogens is 314 g/mol. The van der Waals surface area contributed by atoms with Crippen LogP contribution in [0.3, 0.4) is 0 Å². The predicted molar refractivity (Wildman–Crippen MR) is 85.6 cm³/mol. The number of rotatable bonds is 5. The second kappa shape index (κ2) is 6.57. The van der Waals surface area contributed by atoms with Gasteiger partial charge >= 0.3 is 0 Å². The van der Waals surface area contributed by atoms with E-state index in [1.807, 2.05) is 44.2 Å². The summed E-state index contributed by atoms with van der Waals surface area (Å²) in [6.45, 7) is 3.96. The summed E-state index contributed by atoms with van der Waals surface area (Å²) in [4.78, 5) is 4.39. The lowest BCUT2D eigenvalue weighted by atomic mass is 10.3. The highest BCUT2D eigenvalue weighted by atomic mass is 32.1. The molecule has 8 heteroatoms. The van der Waals surface area contributed by atoms with Crippen LogP contribution in [0.15, 0.2) is 45.3 Å². The number of hydrogen-bond donors (Lipinski definition) is 1. The molecule has 0 amide bonds. The first-order valence-corrected chi connectivity index (χ1v) is 7.96. The maximum Gasteiger partial charge on any atom is 0.289 e. The van der Waals surface area contributed by atoms with Crippen LogP contribution < -0.4 is 15.2 Å². The standard InChI is InChI=1S/C15H15N5O2S/c1-3-10(2)17-18-15-16-12(9-23-15)13-14(21)22-19-20(13)11-7-5-4-6-8-11/h4-9H,3H2,1-2H3,(H-,16,18,19,21)/b17-10+. The minimum atomic E-state index is -0.529. The summed E-state index contributed by atoms with van der Waals surface area (Å²) in [6, 6.07) is 9.29. The van der Waals surface area contributed by atoms with Gasteiger partial charge in [0.25, 0.3) is 5.69 Å². The molecule has 0 aliphatic heterocycles. The van der Waals surface area contributed by atoms with Crippen molar-refractivity contribution in [3.63, 3.8) is 0 Å². The molecule has 118 valence electrons. The summed E-state index contributed by atoms with van der Waals surface area (Å²) in [6.07, 6.45) is 0.857. The fraction of sp³-hybridized carbons (Fsp3) is 0.200. The van der Waals surface area contributed by atoms with Gasteiger partial charge in [-0.05, 0) is 18.0 Å². The molecule has 2 aromatic heterocycles. The number of anilines is 1. The van der Waals surface area contributed by atoms with E-state index in [1.54, 1.807) is 5.38 Å². The molecule has 0 radical (unpaired) electrons. The van der Waals surface area contributed by atoms with Crippen molar-refractivity contribution in [2.75, 3.05) is 5.43 Å². The van der Waals surface area contributed by atoms with Gasteiger partial charge in [0.05, 0.1) is 5.27 Å². The smallest absolute Gasteiger partial charge is 0.289 e. The summed E-state index contributed by atoms with van der Waals surface area (Å²) in [7, 11) is 0. The summed E-state index contributed by atoms with van der Waals surface area (Å²) in [5.74, 6) is -0.529. The molecule has 0 saturated heterocycles. The topological polar surface area (TPSA) is 90.2 Å². The van der Waals surface area contributed by atoms with Gasteiger partial charge in [-0.15, -0.1) is 11.3 Å². The Morgan fingerprint density at radius 1 is 1.39 bits per heavy atom. The maximum atomic E-state index is 12.0. The van der Waals surface area contributed by atoms with Crippen LogP contribution in [0.2, 0.25) is 0 Å². The third-order valence-corrected chi connectivity index (χ3v) is 3.96. The first kappa shape index (κ1) is 15.2. The van der Waals surface area contributed by atoms with Gasteiger partial charge in [-0.25, -0.2) is 4.98 Å². The second-order valence-electron chi connectivity index (χ2n) is 4.81. The van der Waals surface area contributed by atoms with Gasteiger partial charge in [-0.1, -0.05) is 25.1 Å². The van der Waals surface area contributed by atoms with E-state index in [-0.39, 0.29) is 5.69 Å². The Morgan fingerprint density at radius 3 is 2.91 bits per heavy atom. The van der Waals surface area contributed by atoms with Crippen LogP contribution in [0.1, 0.15) is 20.3 Å². The Morgan fingerprint density at radius 2 is 2.17 bits per heavy atom. The van der Waals surface area contributed by atoms with E-state index in [1.165, 1.54) is 16.0 Å². The Kier molecular flexibility index (Phi) is 4.33. The van der Waals surface area contributed by atoms with Crippen LogP contribution in [-0.2, 0) is 0 Å². The van der Waals surface area contributed by atoms with E-state index < -0.39 is 5.95 Å². The molecule has 0 fully saturated rings. The highest BCUT2D eigenvalue weighted by Crippen LogP contribution is 2.27. The number of hydrogen-bond acceptors (Lipinski definition) is 7. The molecule has 3 rings (SSSR count). The van der Waals surface area contributed by atoms with E-state index in [2.05, 4.69) is 20.8 Å². The van der Waals surface area contributed by atoms with Crippen molar-refractivity contribution in [3.8, 4) is 23.0 Å². The van der Waals surface area contributed by atoms with E-state index >= 15 is 0 Å². The average Bonchev–Trinajstić information content (AvgIpc) is 3.19. The molecule has 23 heavy (non-hydrogen) atoms. The zero-order valence-corrected chi connectivity index (χ0v) is 13.5. The average molecular weight is 329 g/mol. The lowest BCUT2D eigenvalue weighted by Gasteiger charge is -1.96. The number of nitrogens with one attached hydrogen (secondary N) is 1. The van der Waals surface area contributed by atoms with Gasteiger partial charge in [0.1, 0.15) is 0 Å². The molecule has 7 nitrogen and oxygen atoms in total. The fourth-order valence-electron chi connectivity index (χ4n) is 1.86. The minimum absolute atomic E-state index is 0.289. The van der Waals surface area contributed by atoms with Crippen molar-refractivity contribution in [3.05, 3.63) is 35.7 Å². The van der Waals surface area contributed by atoms with E-state index in [0.717, 1.165) is 17.8 Å². The molecule has 0 aliphatic rings. The molecule has 0 aliphatic carbocycles. The summed E-state index contributed by atoms with van der Waals surface area (Å²) in [5, 5.41) is 22.4. The van der Waals surface area contributed by atoms with Crippen molar-refractivity contribution in [2.45, 2.75) is 20.3 Å². The minimum Gasteiger partial charge on any atom is -0.539 e. The SMILES string of the molecule is CC/C(C)=N/Nc1nc(-c2c([O-])on[n+]2-c2ccccc2)cs1. The van der Waals surface area contributed by atoms with Crippen LogP contribution in [0.5, 0.6) is 5.95 Å². The quantitative estimate of drug-likeness (QED) is 0.441. The number of aromatic nitrogens is 3. The van der Waals surface area contributed by atoms with Crippen LogP contribution in [-0.4, -0.2) is 16.0 Å². The predicted octanol–water partition coefficient (Wildman–Crippen LogP) is 2.35. The van der Waals surface area contributed by atoms with Crippen molar-refractivity contribution < 1.29 is 14.3 Å². The zero-order valence-electron chi connectivity index (χ0n) is 12.7. The van der Waals surface area contributed by atoms with E-state index in [9.17, 15) is 5.11 Å². The highest BCUT2D eigenvalue weighted by Gasteiger charge is 2.24. The molecule has 1 aromatic carbocycles. The van der Waals surface area contributed by atoms with Crippen molar-refractivity contribution in [1.29, 1.82) is 0 Å². The molecule has 0 atom stereocenters. The Hall–Kier alpha value is -2.74. The molecular formula is C15H15N5O2S. The molecule has 0 bridgehead atoms. The number of para-hydroxylation sites is 1. The zero-order chi connectivity index (χ0) is 16.2. The fourth-order valence-corrected chi connectivity index (χ4v) is 2.50. The lowest BCUT2D eigenvalue weighted by Crippen LogP contribution is -2.34. The van der Waals surface area contributed by atoms with Gasteiger partial charge in [0, 0.05) is 23.2 Å².